The van der Waals surface area contributed by atoms with Gasteiger partial charge in [-0.1, -0.05) is 0 Å². The molecule has 0 spiro atoms. The van der Waals surface area contributed by atoms with Gasteiger partial charge in [-0.3, -0.25) is 4.79 Å². The number of aryl methyl sites for hydroxylation is 1. The molecule has 0 radical (unpaired) electrons. The lowest BCUT2D eigenvalue weighted by atomic mass is 10.2. The molecule has 1 amide bonds. The Labute approximate surface area is 96.1 Å². The Bertz CT molecular complexity index is 478. The second-order valence-electron chi connectivity index (χ2n) is 3.34. The third-order valence-corrected chi connectivity index (χ3v) is 2.87. The summed E-state index contributed by atoms with van der Waals surface area (Å²) in [6, 6.07) is -0.130. The van der Waals surface area contributed by atoms with E-state index < -0.39 is 0 Å². The molecule has 1 atom stereocenters. The lowest BCUT2D eigenvalue weighted by Gasteiger charge is -2.09. The van der Waals surface area contributed by atoms with Gasteiger partial charge in [-0.05, 0) is 13.8 Å². The number of nitrogens with one attached hydrogen (secondary N) is 2. The van der Waals surface area contributed by atoms with Crippen LogP contribution in [0.25, 0.3) is 0 Å². The summed E-state index contributed by atoms with van der Waals surface area (Å²) in [6.07, 6.45) is 1.38. The minimum atomic E-state index is -0.257. The zero-order chi connectivity index (χ0) is 11.5. The molecular formula is C9H11N5OS. The van der Waals surface area contributed by atoms with Crippen molar-refractivity contribution >= 4 is 17.2 Å². The second-order valence-corrected chi connectivity index (χ2v) is 4.40. The van der Waals surface area contributed by atoms with Gasteiger partial charge in [0, 0.05) is 5.38 Å². The molecule has 1 unspecified atom stereocenters. The van der Waals surface area contributed by atoms with Crippen molar-refractivity contribution in [2.24, 2.45) is 0 Å². The smallest absolute Gasteiger partial charge is 0.273 e. The molecule has 0 saturated carbocycles. The van der Waals surface area contributed by atoms with Crippen LogP contribution in [0.15, 0.2) is 11.6 Å². The Hall–Kier alpha value is -1.76. The quantitative estimate of drug-likeness (QED) is 0.836. The lowest BCUT2D eigenvalue weighted by molar-refractivity contribution is 0.0934. The van der Waals surface area contributed by atoms with Crippen LogP contribution < -0.4 is 5.32 Å². The Kier molecular flexibility index (Phi) is 2.95. The van der Waals surface area contributed by atoms with Crippen LogP contribution in [0.4, 0.5) is 0 Å². The van der Waals surface area contributed by atoms with E-state index in [0.29, 0.717) is 0 Å². The average Bonchev–Trinajstić information content (AvgIpc) is 2.87. The number of carbonyl (C=O) groups is 1. The predicted molar refractivity (Wildman–Crippen MR) is 59.1 cm³/mol. The van der Waals surface area contributed by atoms with E-state index in [2.05, 4.69) is 25.7 Å². The molecule has 7 heteroatoms. The van der Waals surface area contributed by atoms with Gasteiger partial charge in [0.25, 0.3) is 5.91 Å². The van der Waals surface area contributed by atoms with E-state index in [9.17, 15) is 4.79 Å². The highest BCUT2D eigenvalue weighted by molar-refractivity contribution is 7.09. The molecule has 0 bridgehead atoms. The Balaban J connectivity index is 2.03. The van der Waals surface area contributed by atoms with Gasteiger partial charge in [-0.15, -0.1) is 11.3 Å². The van der Waals surface area contributed by atoms with Crippen LogP contribution in [0.5, 0.6) is 0 Å². The van der Waals surface area contributed by atoms with Crippen molar-refractivity contribution < 1.29 is 4.79 Å². The van der Waals surface area contributed by atoms with Crippen LogP contribution >= 0.6 is 11.3 Å². The van der Waals surface area contributed by atoms with Crippen LogP contribution in [0.1, 0.15) is 34.2 Å². The number of H-pyrrole nitrogens is 1. The third-order valence-electron chi connectivity index (χ3n) is 2.08. The molecule has 84 valence electrons. The molecule has 0 aliphatic heterocycles. The number of carbonyl (C=O) groups excluding carboxylic acids is 1. The summed E-state index contributed by atoms with van der Waals surface area (Å²) in [5.74, 6) is -0.257. The highest BCUT2D eigenvalue weighted by Gasteiger charge is 2.14. The number of amides is 1. The van der Waals surface area contributed by atoms with E-state index in [0.717, 1.165) is 10.7 Å². The maximum Gasteiger partial charge on any atom is 0.273 e. The van der Waals surface area contributed by atoms with Crippen LogP contribution in [0, 0.1) is 6.92 Å². The van der Waals surface area contributed by atoms with E-state index in [-0.39, 0.29) is 17.6 Å². The van der Waals surface area contributed by atoms with Crippen molar-refractivity contribution in [3.05, 3.63) is 28.0 Å². The zero-order valence-corrected chi connectivity index (χ0v) is 9.71. The molecule has 2 N–H and O–H groups in total. The molecule has 2 rings (SSSR count). The van der Waals surface area contributed by atoms with Crippen molar-refractivity contribution in [3.63, 3.8) is 0 Å². The SMILES string of the molecule is Cc1nc(C(C)NC(=O)c2cn[nH]n2)cs1. The minimum Gasteiger partial charge on any atom is -0.342 e. The summed E-state index contributed by atoms with van der Waals surface area (Å²) in [6.45, 7) is 3.81. The first-order valence-corrected chi connectivity index (χ1v) is 5.63. The number of nitrogens with zero attached hydrogens (tertiary/aromatic N) is 3. The van der Waals surface area contributed by atoms with Gasteiger partial charge in [-0.2, -0.15) is 15.4 Å². The van der Waals surface area contributed by atoms with Gasteiger partial charge >= 0.3 is 0 Å². The molecule has 16 heavy (non-hydrogen) atoms. The molecule has 0 aliphatic rings. The maximum absolute atomic E-state index is 11.6. The van der Waals surface area contributed by atoms with Crippen molar-refractivity contribution in [1.29, 1.82) is 0 Å². The predicted octanol–water partition coefficient (Wildman–Crippen LogP) is 1.06. The molecule has 2 aromatic heterocycles. The molecule has 0 saturated heterocycles. The fourth-order valence-electron chi connectivity index (χ4n) is 1.23. The average molecular weight is 237 g/mol. The molecule has 0 fully saturated rings. The van der Waals surface area contributed by atoms with Crippen LogP contribution in [0.3, 0.4) is 0 Å². The third kappa shape index (κ3) is 2.25. The molecule has 6 nitrogen and oxygen atoms in total. The van der Waals surface area contributed by atoms with E-state index >= 15 is 0 Å². The summed E-state index contributed by atoms with van der Waals surface area (Å²) >= 11 is 1.56. The number of aromatic nitrogens is 4. The summed E-state index contributed by atoms with van der Waals surface area (Å²) in [7, 11) is 0. The molecule has 2 heterocycles. The molecular weight excluding hydrogens is 226 g/mol. The zero-order valence-electron chi connectivity index (χ0n) is 8.89. The van der Waals surface area contributed by atoms with E-state index in [1.54, 1.807) is 11.3 Å². The number of hydrogen-bond acceptors (Lipinski definition) is 5. The standard InChI is InChI=1S/C9H11N5OS/c1-5(8-4-16-6(2)12-8)11-9(15)7-3-10-14-13-7/h3-5H,1-2H3,(H,11,15)(H,10,13,14). The van der Waals surface area contributed by atoms with Gasteiger partial charge in [0.1, 0.15) is 0 Å². The summed E-state index contributed by atoms with van der Waals surface area (Å²) < 4.78 is 0. The number of aromatic amines is 1. The van der Waals surface area contributed by atoms with Crippen molar-refractivity contribution in [2.75, 3.05) is 0 Å². The first-order valence-electron chi connectivity index (χ1n) is 4.75. The Morgan fingerprint density at radius 2 is 2.44 bits per heavy atom. The first kappa shape index (κ1) is 10.7. The lowest BCUT2D eigenvalue weighted by Crippen LogP contribution is -2.27. The van der Waals surface area contributed by atoms with E-state index in [4.69, 9.17) is 0 Å². The number of hydrogen-bond donors (Lipinski definition) is 2. The van der Waals surface area contributed by atoms with E-state index in [1.807, 2.05) is 19.2 Å². The molecule has 0 aromatic carbocycles. The highest BCUT2D eigenvalue weighted by atomic mass is 32.1. The van der Waals surface area contributed by atoms with Gasteiger partial charge in [0.15, 0.2) is 5.69 Å². The van der Waals surface area contributed by atoms with Gasteiger partial charge in [0.05, 0.1) is 22.9 Å². The molecule has 0 aliphatic carbocycles. The van der Waals surface area contributed by atoms with Gasteiger partial charge in [0.2, 0.25) is 0 Å². The largest absolute Gasteiger partial charge is 0.342 e. The first-order chi connectivity index (χ1) is 7.66. The minimum absolute atomic E-state index is 0.130. The van der Waals surface area contributed by atoms with Crippen LogP contribution in [-0.2, 0) is 0 Å². The fraction of sp³-hybridized carbons (Fsp3) is 0.333. The maximum atomic E-state index is 11.6. The second kappa shape index (κ2) is 4.40. The molecule has 2 aromatic rings. The number of thiazole rings is 1. The van der Waals surface area contributed by atoms with Crippen molar-refractivity contribution in [2.45, 2.75) is 19.9 Å². The monoisotopic (exact) mass is 237 g/mol. The van der Waals surface area contributed by atoms with Crippen LogP contribution in [-0.4, -0.2) is 26.3 Å². The van der Waals surface area contributed by atoms with Gasteiger partial charge in [-0.25, -0.2) is 4.98 Å². The van der Waals surface area contributed by atoms with Crippen LogP contribution in [0.2, 0.25) is 0 Å². The normalized spacial score (nSPS) is 12.4. The highest BCUT2D eigenvalue weighted by Crippen LogP contribution is 2.15. The van der Waals surface area contributed by atoms with Gasteiger partial charge < -0.3 is 5.32 Å². The Morgan fingerprint density at radius 1 is 1.62 bits per heavy atom. The summed E-state index contributed by atoms with van der Waals surface area (Å²) in [5, 5.41) is 15.4. The van der Waals surface area contributed by atoms with Crippen molar-refractivity contribution in [1.82, 2.24) is 25.7 Å². The number of rotatable bonds is 3. The topological polar surface area (TPSA) is 83.6 Å². The fourth-order valence-corrected chi connectivity index (χ4v) is 1.94. The van der Waals surface area contributed by atoms with E-state index in [1.165, 1.54) is 6.20 Å². The Morgan fingerprint density at radius 3 is 3.00 bits per heavy atom. The van der Waals surface area contributed by atoms with Crippen molar-refractivity contribution in [3.8, 4) is 0 Å². The summed E-state index contributed by atoms with van der Waals surface area (Å²) in [5.41, 5.74) is 1.14. The summed E-state index contributed by atoms with van der Waals surface area (Å²) in [4.78, 5) is 15.9.